The van der Waals surface area contributed by atoms with Crippen LogP contribution >= 0.6 is 0 Å². The minimum atomic E-state index is -0.506. The normalized spacial score (nSPS) is 11.1. The van der Waals surface area contributed by atoms with Crippen LogP contribution in [-0.4, -0.2) is 23.3 Å². The zero-order chi connectivity index (χ0) is 10.5. The number of aliphatic hydroxyl groups is 1. The zero-order valence-corrected chi connectivity index (χ0v) is 8.59. The summed E-state index contributed by atoms with van der Waals surface area (Å²) in [6.07, 6.45) is 1.52. The molecule has 0 aliphatic carbocycles. The van der Waals surface area contributed by atoms with Gasteiger partial charge in [-0.15, -0.1) is 0 Å². The van der Waals surface area contributed by atoms with Crippen molar-refractivity contribution < 1.29 is 14.6 Å². The Hall–Kier alpha value is -0.830. The molecule has 0 radical (unpaired) electrons. The van der Waals surface area contributed by atoms with Crippen LogP contribution in [0.1, 0.15) is 33.6 Å². The van der Waals surface area contributed by atoms with Crippen LogP contribution in [0.15, 0.2) is 12.2 Å². The number of hydrogen-bond acceptors (Lipinski definition) is 3. The first-order chi connectivity index (χ1) is 5.99. The first kappa shape index (κ1) is 12.2. The summed E-state index contributed by atoms with van der Waals surface area (Å²) >= 11 is 0. The molecule has 0 aliphatic rings. The number of rotatable bonds is 5. The summed E-state index contributed by atoms with van der Waals surface area (Å²) in [7, 11) is 0. The Bertz CT molecular complexity index is 192. The SMILES string of the molecule is C=C(CO)C(=O)OC(C)(CC)CC. The van der Waals surface area contributed by atoms with Gasteiger partial charge in [-0.25, -0.2) is 4.79 Å². The lowest BCUT2D eigenvalue weighted by Crippen LogP contribution is -2.31. The lowest BCUT2D eigenvalue weighted by molar-refractivity contribution is -0.154. The second kappa shape index (κ2) is 5.02. The Balaban J connectivity index is 4.25. The van der Waals surface area contributed by atoms with Crippen LogP contribution in [0, 0.1) is 0 Å². The van der Waals surface area contributed by atoms with Gasteiger partial charge in [0.2, 0.25) is 0 Å². The first-order valence-corrected chi connectivity index (χ1v) is 4.51. The van der Waals surface area contributed by atoms with E-state index < -0.39 is 11.6 Å². The molecular formula is C10H18O3. The molecule has 0 fully saturated rings. The molecule has 3 heteroatoms. The molecule has 0 unspecified atom stereocenters. The molecule has 0 bridgehead atoms. The molecule has 1 N–H and O–H groups in total. The molecule has 0 aromatic heterocycles. The standard InChI is InChI=1S/C10H18O3/c1-5-10(4,6-2)13-9(12)8(3)7-11/h11H,3,5-7H2,1-2,4H3. The van der Waals surface area contributed by atoms with E-state index in [0.29, 0.717) is 0 Å². The summed E-state index contributed by atoms with van der Waals surface area (Å²) in [5, 5.41) is 8.65. The van der Waals surface area contributed by atoms with Crippen molar-refractivity contribution in [3.8, 4) is 0 Å². The number of ether oxygens (including phenoxy) is 1. The van der Waals surface area contributed by atoms with Gasteiger partial charge in [-0.1, -0.05) is 20.4 Å². The van der Waals surface area contributed by atoms with E-state index in [1.807, 2.05) is 20.8 Å². The fourth-order valence-electron chi connectivity index (χ4n) is 0.755. The fourth-order valence-corrected chi connectivity index (χ4v) is 0.755. The monoisotopic (exact) mass is 186 g/mol. The van der Waals surface area contributed by atoms with Gasteiger partial charge < -0.3 is 9.84 Å². The van der Waals surface area contributed by atoms with Crippen LogP contribution in [0.2, 0.25) is 0 Å². The van der Waals surface area contributed by atoms with Crippen molar-refractivity contribution in [2.45, 2.75) is 39.2 Å². The van der Waals surface area contributed by atoms with E-state index in [-0.39, 0.29) is 12.2 Å². The maximum absolute atomic E-state index is 11.2. The molecule has 0 aliphatic heterocycles. The van der Waals surface area contributed by atoms with E-state index in [9.17, 15) is 4.79 Å². The van der Waals surface area contributed by atoms with E-state index in [0.717, 1.165) is 12.8 Å². The van der Waals surface area contributed by atoms with Gasteiger partial charge in [0.05, 0.1) is 12.2 Å². The third-order valence-electron chi connectivity index (χ3n) is 2.31. The van der Waals surface area contributed by atoms with Gasteiger partial charge in [-0.2, -0.15) is 0 Å². The summed E-state index contributed by atoms with van der Waals surface area (Å²) in [5.74, 6) is -0.506. The zero-order valence-electron chi connectivity index (χ0n) is 8.59. The van der Waals surface area contributed by atoms with E-state index in [1.54, 1.807) is 0 Å². The summed E-state index contributed by atoms with van der Waals surface area (Å²) in [6, 6.07) is 0. The second-order valence-electron chi connectivity index (χ2n) is 3.31. The molecule has 3 nitrogen and oxygen atoms in total. The fraction of sp³-hybridized carbons (Fsp3) is 0.700. The van der Waals surface area contributed by atoms with Crippen LogP contribution in [-0.2, 0) is 9.53 Å². The summed E-state index contributed by atoms with van der Waals surface area (Å²) in [4.78, 5) is 11.2. The maximum Gasteiger partial charge on any atom is 0.336 e. The average Bonchev–Trinajstić information content (AvgIpc) is 2.16. The number of carbonyl (C=O) groups excluding carboxylic acids is 1. The van der Waals surface area contributed by atoms with Gasteiger partial charge in [0.15, 0.2) is 0 Å². The van der Waals surface area contributed by atoms with Crippen molar-refractivity contribution in [2.24, 2.45) is 0 Å². The highest BCUT2D eigenvalue weighted by molar-refractivity contribution is 5.88. The third kappa shape index (κ3) is 3.59. The molecule has 0 aromatic carbocycles. The van der Waals surface area contributed by atoms with Crippen molar-refractivity contribution in [1.29, 1.82) is 0 Å². The second-order valence-corrected chi connectivity index (χ2v) is 3.31. The third-order valence-corrected chi connectivity index (χ3v) is 2.31. The maximum atomic E-state index is 11.2. The summed E-state index contributed by atoms with van der Waals surface area (Å²) in [5.41, 5.74) is -0.331. The van der Waals surface area contributed by atoms with Crippen molar-refractivity contribution in [2.75, 3.05) is 6.61 Å². The molecule has 0 saturated carbocycles. The van der Waals surface area contributed by atoms with Gasteiger partial charge in [0.1, 0.15) is 5.60 Å². The molecule has 76 valence electrons. The molecule has 0 amide bonds. The molecule has 0 atom stereocenters. The molecule has 0 spiro atoms. The molecule has 0 rings (SSSR count). The topological polar surface area (TPSA) is 46.5 Å². The molecule has 0 saturated heterocycles. The predicted molar refractivity (Wildman–Crippen MR) is 51.3 cm³/mol. The van der Waals surface area contributed by atoms with Gasteiger partial charge in [-0.05, 0) is 19.8 Å². The van der Waals surface area contributed by atoms with Crippen molar-refractivity contribution in [3.63, 3.8) is 0 Å². The van der Waals surface area contributed by atoms with E-state index in [1.165, 1.54) is 0 Å². The lowest BCUT2D eigenvalue weighted by Gasteiger charge is -2.27. The van der Waals surface area contributed by atoms with E-state index in [4.69, 9.17) is 9.84 Å². The Morgan fingerprint density at radius 3 is 2.23 bits per heavy atom. The predicted octanol–water partition coefficient (Wildman–Crippen LogP) is 1.66. The van der Waals surface area contributed by atoms with E-state index in [2.05, 4.69) is 6.58 Å². The van der Waals surface area contributed by atoms with Crippen molar-refractivity contribution >= 4 is 5.97 Å². The molecule has 0 heterocycles. The van der Waals surface area contributed by atoms with Gasteiger partial charge in [0.25, 0.3) is 0 Å². The van der Waals surface area contributed by atoms with Crippen LogP contribution in [0.25, 0.3) is 0 Å². The smallest absolute Gasteiger partial charge is 0.336 e. The van der Waals surface area contributed by atoms with E-state index >= 15 is 0 Å². The Morgan fingerprint density at radius 1 is 1.46 bits per heavy atom. The number of hydrogen-bond donors (Lipinski definition) is 1. The highest BCUT2D eigenvalue weighted by atomic mass is 16.6. The number of aliphatic hydroxyl groups excluding tert-OH is 1. The Labute approximate surface area is 79.4 Å². The van der Waals surface area contributed by atoms with Crippen molar-refractivity contribution in [1.82, 2.24) is 0 Å². The van der Waals surface area contributed by atoms with Crippen molar-refractivity contribution in [3.05, 3.63) is 12.2 Å². The molecule has 13 heavy (non-hydrogen) atoms. The summed E-state index contributed by atoms with van der Waals surface area (Å²) in [6.45, 7) is 8.84. The Morgan fingerprint density at radius 2 is 1.92 bits per heavy atom. The highest BCUT2D eigenvalue weighted by Gasteiger charge is 2.25. The largest absolute Gasteiger partial charge is 0.456 e. The molecule has 0 aromatic rings. The highest BCUT2D eigenvalue weighted by Crippen LogP contribution is 2.20. The minimum absolute atomic E-state index is 0.105. The quantitative estimate of drug-likeness (QED) is 0.524. The van der Waals surface area contributed by atoms with Gasteiger partial charge in [0, 0.05) is 0 Å². The van der Waals surface area contributed by atoms with Crippen LogP contribution < -0.4 is 0 Å². The number of esters is 1. The van der Waals surface area contributed by atoms with Gasteiger partial charge >= 0.3 is 5.97 Å². The Kier molecular flexibility index (Phi) is 4.70. The van der Waals surface area contributed by atoms with Crippen LogP contribution in [0.5, 0.6) is 0 Å². The molecular weight excluding hydrogens is 168 g/mol. The van der Waals surface area contributed by atoms with Crippen LogP contribution in [0.4, 0.5) is 0 Å². The van der Waals surface area contributed by atoms with Gasteiger partial charge in [-0.3, -0.25) is 0 Å². The van der Waals surface area contributed by atoms with Crippen LogP contribution in [0.3, 0.4) is 0 Å². The summed E-state index contributed by atoms with van der Waals surface area (Å²) < 4.78 is 5.19. The number of carbonyl (C=O) groups is 1. The average molecular weight is 186 g/mol. The minimum Gasteiger partial charge on any atom is -0.456 e. The first-order valence-electron chi connectivity index (χ1n) is 4.51. The lowest BCUT2D eigenvalue weighted by atomic mass is 10.00.